The summed E-state index contributed by atoms with van der Waals surface area (Å²) in [5, 5.41) is 16.9. The summed E-state index contributed by atoms with van der Waals surface area (Å²) in [7, 11) is 0. The smallest absolute Gasteiger partial charge is 0.0850 e. The van der Waals surface area contributed by atoms with E-state index in [1.807, 2.05) is 29.1 Å². The maximum absolute atomic E-state index is 8.81. The van der Waals surface area contributed by atoms with Crippen molar-refractivity contribution >= 4 is 0 Å². The molecule has 16 heavy (non-hydrogen) atoms. The van der Waals surface area contributed by atoms with E-state index in [0.717, 1.165) is 5.69 Å². The number of aliphatic hydroxyl groups excluding tert-OH is 1. The van der Waals surface area contributed by atoms with Gasteiger partial charge in [-0.3, -0.25) is 0 Å². The Hall–Kier alpha value is -1.68. The SMILES string of the molecule is CC(c1ccccc1)n1cc(CCO)nn1. The molecule has 1 aromatic heterocycles. The Morgan fingerprint density at radius 1 is 1.31 bits per heavy atom. The highest BCUT2D eigenvalue weighted by Crippen LogP contribution is 2.16. The Balaban J connectivity index is 2.17. The van der Waals surface area contributed by atoms with Crippen LogP contribution in [-0.2, 0) is 6.42 Å². The number of nitrogens with zero attached hydrogens (tertiary/aromatic N) is 3. The topological polar surface area (TPSA) is 50.9 Å². The monoisotopic (exact) mass is 217 g/mol. The Morgan fingerprint density at radius 2 is 2.06 bits per heavy atom. The summed E-state index contributed by atoms with van der Waals surface area (Å²) < 4.78 is 1.82. The van der Waals surface area contributed by atoms with Crippen molar-refractivity contribution in [2.75, 3.05) is 6.61 Å². The van der Waals surface area contributed by atoms with Crippen molar-refractivity contribution in [1.82, 2.24) is 15.0 Å². The molecule has 2 aromatic rings. The second-order valence-corrected chi connectivity index (χ2v) is 3.75. The van der Waals surface area contributed by atoms with Crippen LogP contribution in [0.4, 0.5) is 0 Å². The molecule has 1 N–H and O–H groups in total. The third-order valence-corrected chi connectivity index (χ3v) is 2.60. The third-order valence-electron chi connectivity index (χ3n) is 2.60. The first-order valence-corrected chi connectivity index (χ1v) is 5.38. The highest BCUT2D eigenvalue weighted by atomic mass is 16.3. The van der Waals surface area contributed by atoms with Gasteiger partial charge in [-0.25, -0.2) is 4.68 Å². The van der Waals surface area contributed by atoms with Crippen molar-refractivity contribution < 1.29 is 5.11 Å². The van der Waals surface area contributed by atoms with E-state index in [0.29, 0.717) is 6.42 Å². The second kappa shape index (κ2) is 4.90. The fourth-order valence-corrected chi connectivity index (χ4v) is 1.62. The minimum atomic E-state index is 0.110. The zero-order valence-corrected chi connectivity index (χ0v) is 9.24. The lowest BCUT2D eigenvalue weighted by molar-refractivity contribution is 0.298. The van der Waals surface area contributed by atoms with Crippen molar-refractivity contribution in [3.8, 4) is 0 Å². The number of aromatic nitrogens is 3. The van der Waals surface area contributed by atoms with Gasteiger partial charge in [-0.05, 0) is 12.5 Å². The van der Waals surface area contributed by atoms with Crippen LogP contribution in [-0.4, -0.2) is 26.7 Å². The van der Waals surface area contributed by atoms with Crippen LogP contribution in [0.1, 0.15) is 24.2 Å². The number of hydrogen-bond acceptors (Lipinski definition) is 3. The second-order valence-electron chi connectivity index (χ2n) is 3.75. The molecule has 0 saturated carbocycles. The van der Waals surface area contributed by atoms with E-state index in [4.69, 9.17) is 5.11 Å². The summed E-state index contributed by atoms with van der Waals surface area (Å²) in [6, 6.07) is 10.3. The van der Waals surface area contributed by atoms with E-state index in [-0.39, 0.29) is 12.6 Å². The van der Waals surface area contributed by atoms with Gasteiger partial charge < -0.3 is 5.11 Å². The first-order chi connectivity index (χ1) is 7.81. The molecule has 84 valence electrons. The van der Waals surface area contributed by atoms with Crippen LogP contribution < -0.4 is 0 Å². The summed E-state index contributed by atoms with van der Waals surface area (Å²) >= 11 is 0. The van der Waals surface area contributed by atoms with Crippen LogP contribution in [0, 0.1) is 0 Å². The van der Waals surface area contributed by atoms with Crippen LogP contribution in [0.15, 0.2) is 36.5 Å². The highest BCUT2D eigenvalue weighted by Gasteiger charge is 2.09. The first kappa shape index (κ1) is 10.8. The van der Waals surface area contributed by atoms with Crippen LogP contribution in [0.3, 0.4) is 0 Å². The number of benzene rings is 1. The predicted octanol–water partition coefficient (Wildman–Crippen LogP) is 1.42. The molecule has 1 aromatic carbocycles. The van der Waals surface area contributed by atoms with E-state index in [9.17, 15) is 0 Å². The van der Waals surface area contributed by atoms with Crippen LogP contribution in [0.25, 0.3) is 0 Å². The Labute approximate surface area is 94.5 Å². The Kier molecular flexibility index (Phi) is 3.31. The molecule has 1 heterocycles. The van der Waals surface area contributed by atoms with Gasteiger partial charge in [-0.15, -0.1) is 5.10 Å². The first-order valence-electron chi connectivity index (χ1n) is 5.38. The zero-order valence-electron chi connectivity index (χ0n) is 9.24. The predicted molar refractivity (Wildman–Crippen MR) is 61.1 cm³/mol. The largest absolute Gasteiger partial charge is 0.396 e. The molecular weight excluding hydrogens is 202 g/mol. The molecule has 0 bridgehead atoms. The maximum Gasteiger partial charge on any atom is 0.0850 e. The lowest BCUT2D eigenvalue weighted by Crippen LogP contribution is -2.07. The average molecular weight is 217 g/mol. The van der Waals surface area contributed by atoms with Gasteiger partial charge >= 0.3 is 0 Å². The van der Waals surface area contributed by atoms with Gasteiger partial charge in [-0.1, -0.05) is 35.5 Å². The molecule has 0 saturated heterocycles. The molecule has 1 atom stereocenters. The quantitative estimate of drug-likeness (QED) is 0.842. The van der Waals surface area contributed by atoms with Crippen LogP contribution in [0.2, 0.25) is 0 Å². The minimum Gasteiger partial charge on any atom is -0.396 e. The third kappa shape index (κ3) is 2.28. The Morgan fingerprint density at radius 3 is 2.75 bits per heavy atom. The van der Waals surface area contributed by atoms with Gasteiger partial charge in [0.1, 0.15) is 0 Å². The van der Waals surface area contributed by atoms with E-state index in [2.05, 4.69) is 29.4 Å². The molecule has 1 unspecified atom stereocenters. The maximum atomic E-state index is 8.81. The van der Waals surface area contributed by atoms with Gasteiger partial charge in [0.05, 0.1) is 11.7 Å². The van der Waals surface area contributed by atoms with E-state index in [1.54, 1.807) is 0 Å². The van der Waals surface area contributed by atoms with Crippen molar-refractivity contribution in [1.29, 1.82) is 0 Å². The number of hydrogen-bond donors (Lipinski definition) is 1. The van der Waals surface area contributed by atoms with Crippen molar-refractivity contribution in [3.05, 3.63) is 47.8 Å². The normalized spacial score (nSPS) is 12.6. The summed E-state index contributed by atoms with van der Waals surface area (Å²) in [5.74, 6) is 0. The minimum absolute atomic E-state index is 0.110. The van der Waals surface area contributed by atoms with E-state index >= 15 is 0 Å². The van der Waals surface area contributed by atoms with Gasteiger partial charge in [0.2, 0.25) is 0 Å². The average Bonchev–Trinajstić information content (AvgIpc) is 2.78. The molecule has 0 amide bonds. The van der Waals surface area contributed by atoms with Crippen molar-refractivity contribution in [2.45, 2.75) is 19.4 Å². The van der Waals surface area contributed by atoms with Crippen molar-refractivity contribution in [2.24, 2.45) is 0 Å². The van der Waals surface area contributed by atoms with Gasteiger partial charge in [0, 0.05) is 19.2 Å². The van der Waals surface area contributed by atoms with Crippen molar-refractivity contribution in [3.63, 3.8) is 0 Å². The summed E-state index contributed by atoms with van der Waals surface area (Å²) in [6.45, 7) is 2.19. The fraction of sp³-hybridized carbons (Fsp3) is 0.333. The molecule has 0 spiro atoms. The molecular formula is C12H15N3O. The molecule has 0 aliphatic carbocycles. The number of rotatable bonds is 4. The Bertz CT molecular complexity index is 439. The highest BCUT2D eigenvalue weighted by molar-refractivity contribution is 5.18. The molecule has 4 heteroatoms. The zero-order chi connectivity index (χ0) is 11.4. The van der Waals surface area contributed by atoms with E-state index < -0.39 is 0 Å². The molecule has 2 rings (SSSR count). The standard InChI is InChI=1S/C12H15N3O/c1-10(11-5-3-2-4-6-11)15-9-12(7-8-16)13-14-15/h2-6,9-10,16H,7-8H2,1H3. The lowest BCUT2D eigenvalue weighted by atomic mass is 10.1. The van der Waals surface area contributed by atoms with Crippen LogP contribution >= 0.6 is 0 Å². The molecule has 0 fully saturated rings. The van der Waals surface area contributed by atoms with Crippen LogP contribution in [0.5, 0.6) is 0 Å². The lowest BCUT2D eigenvalue weighted by Gasteiger charge is -2.10. The van der Waals surface area contributed by atoms with Gasteiger partial charge in [0.15, 0.2) is 0 Å². The summed E-state index contributed by atoms with van der Waals surface area (Å²) in [4.78, 5) is 0. The van der Waals surface area contributed by atoms with E-state index in [1.165, 1.54) is 5.56 Å². The molecule has 0 aliphatic heterocycles. The molecule has 4 nitrogen and oxygen atoms in total. The number of aliphatic hydroxyl groups is 1. The molecule has 0 radical (unpaired) electrons. The van der Waals surface area contributed by atoms with Gasteiger partial charge in [0.25, 0.3) is 0 Å². The van der Waals surface area contributed by atoms with Gasteiger partial charge in [-0.2, -0.15) is 0 Å². The molecule has 0 aliphatic rings. The summed E-state index contributed by atoms with van der Waals surface area (Å²) in [5.41, 5.74) is 2.02. The fourth-order valence-electron chi connectivity index (χ4n) is 1.62. The summed E-state index contributed by atoms with van der Waals surface area (Å²) in [6.07, 6.45) is 2.44.